The zero-order valence-corrected chi connectivity index (χ0v) is 12.0. The first kappa shape index (κ1) is 13.2. The second kappa shape index (κ2) is 5.65. The molecule has 1 unspecified atom stereocenters. The van der Waals surface area contributed by atoms with Gasteiger partial charge in [-0.25, -0.2) is 4.98 Å². The van der Waals surface area contributed by atoms with Crippen LogP contribution in [0.15, 0.2) is 24.4 Å². The fourth-order valence-electron chi connectivity index (χ4n) is 3.24. The molecular weight excluding hydrogens is 250 g/mol. The van der Waals surface area contributed by atoms with Gasteiger partial charge in [0.1, 0.15) is 11.3 Å². The number of pyridine rings is 1. The van der Waals surface area contributed by atoms with Gasteiger partial charge in [0.25, 0.3) is 0 Å². The van der Waals surface area contributed by atoms with Gasteiger partial charge in [-0.15, -0.1) is 0 Å². The molecule has 2 aromatic rings. The van der Waals surface area contributed by atoms with Gasteiger partial charge >= 0.3 is 0 Å². The number of piperidine rings is 1. The fourth-order valence-corrected chi connectivity index (χ4v) is 3.24. The Labute approximate surface area is 119 Å². The minimum absolute atomic E-state index is 0.525. The summed E-state index contributed by atoms with van der Waals surface area (Å²) < 4.78 is 1.89. The van der Waals surface area contributed by atoms with Gasteiger partial charge in [0.05, 0.1) is 0 Å². The van der Waals surface area contributed by atoms with Crippen LogP contribution in [-0.4, -0.2) is 28.3 Å². The van der Waals surface area contributed by atoms with Gasteiger partial charge in [-0.05, 0) is 37.8 Å². The van der Waals surface area contributed by atoms with E-state index in [4.69, 9.17) is 4.98 Å². The molecule has 0 spiro atoms. The number of carbonyl (C=O) groups excluding carboxylic acids is 1. The summed E-state index contributed by atoms with van der Waals surface area (Å²) in [6.07, 6.45) is 8.87. The van der Waals surface area contributed by atoms with Crippen molar-refractivity contribution in [2.75, 3.05) is 11.4 Å². The molecule has 0 amide bonds. The number of fused-ring (bicyclic) bond motifs is 1. The van der Waals surface area contributed by atoms with E-state index in [-0.39, 0.29) is 0 Å². The van der Waals surface area contributed by atoms with Crippen molar-refractivity contribution >= 4 is 17.8 Å². The molecule has 2 aromatic heterocycles. The SMILES string of the molecule is CCCC1CCCCN1c1nc2ccccn2c1C=O. The predicted octanol–water partition coefficient (Wildman–Crippen LogP) is 3.31. The summed E-state index contributed by atoms with van der Waals surface area (Å²) in [7, 11) is 0. The van der Waals surface area contributed by atoms with Crippen LogP contribution >= 0.6 is 0 Å². The Morgan fingerprint density at radius 3 is 3.10 bits per heavy atom. The van der Waals surface area contributed by atoms with Crippen LogP contribution in [0.4, 0.5) is 5.82 Å². The maximum absolute atomic E-state index is 11.5. The van der Waals surface area contributed by atoms with Crippen molar-refractivity contribution in [2.24, 2.45) is 0 Å². The second-order valence-corrected chi connectivity index (χ2v) is 5.50. The average Bonchev–Trinajstić information content (AvgIpc) is 2.86. The maximum Gasteiger partial charge on any atom is 0.170 e. The van der Waals surface area contributed by atoms with Crippen LogP contribution in [0, 0.1) is 0 Å². The summed E-state index contributed by atoms with van der Waals surface area (Å²) in [6, 6.07) is 6.37. The van der Waals surface area contributed by atoms with E-state index in [0.717, 1.165) is 24.3 Å². The Balaban J connectivity index is 2.05. The van der Waals surface area contributed by atoms with Gasteiger partial charge in [-0.3, -0.25) is 9.20 Å². The third kappa shape index (κ3) is 2.19. The van der Waals surface area contributed by atoms with Crippen molar-refractivity contribution in [3.8, 4) is 0 Å². The summed E-state index contributed by atoms with van der Waals surface area (Å²) in [5, 5.41) is 0. The van der Waals surface area contributed by atoms with Crippen molar-refractivity contribution in [1.82, 2.24) is 9.38 Å². The van der Waals surface area contributed by atoms with Crippen LogP contribution < -0.4 is 4.90 Å². The smallest absolute Gasteiger partial charge is 0.170 e. The van der Waals surface area contributed by atoms with Crippen LogP contribution in [0.2, 0.25) is 0 Å². The van der Waals surface area contributed by atoms with Crippen molar-refractivity contribution in [3.05, 3.63) is 30.1 Å². The third-order valence-electron chi connectivity index (χ3n) is 4.18. The van der Waals surface area contributed by atoms with Crippen molar-refractivity contribution < 1.29 is 4.79 Å². The quantitative estimate of drug-likeness (QED) is 0.801. The lowest BCUT2D eigenvalue weighted by Gasteiger charge is -2.36. The fraction of sp³-hybridized carbons (Fsp3) is 0.500. The van der Waals surface area contributed by atoms with Crippen LogP contribution in [0.25, 0.3) is 5.65 Å². The molecule has 1 fully saturated rings. The first-order valence-electron chi connectivity index (χ1n) is 7.54. The highest BCUT2D eigenvalue weighted by atomic mass is 16.1. The molecule has 3 rings (SSSR count). The van der Waals surface area contributed by atoms with Crippen LogP contribution in [-0.2, 0) is 0 Å². The number of carbonyl (C=O) groups is 1. The summed E-state index contributed by atoms with van der Waals surface area (Å²) >= 11 is 0. The average molecular weight is 271 g/mol. The topological polar surface area (TPSA) is 37.6 Å². The van der Waals surface area contributed by atoms with Crippen molar-refractivity contribution in [1.29, 1.82) is 0 Å². The van der Waals surface area contributed by atoms with Gasteiger partial charge in [-0.1, -0.05) is 19.4 Å². The van der Waals surface area contributed by atoms with Crippen LogP contribution in [0.1, 0.15) is 49.5 Å². The Hall–Kier alpha value is -1.84. The van der Waals surface area contributed by atoms with Crippen LogP contribution in [0.5, 0.6) is 0 Å². The maximum atomic E-state index is 11.5. The summed E-state index contributed by atoms with van der Waals surface area (Å²) in [5.41, 5.74) is 1.54. The molecule has 1 aliphatic rings. The molecule has 0 radical (unpaired) electrons. The van der Waals surface area contributed by atoms with E-state index in [1.165, 1.54) is 32.1 Å². The zero-order valence-electron chi connectivity index (χ0n) is 12.0. The second-order valence-electron chi connectivity index (χ2n) is 5.50. The van der Waals surface area contributed by atoms with Gasteiger partial charge in [-0.2, -0.15) is 0 Å². The first-order valence-corrected chi connectivity index (χ1v) is 7.54. The van der Waals surface area contributed by atoms with Crippen molar-refractivity contribution in [2.45, 2.75) is 45.1 Å². The molecule has 1 atom stereocenters. The van der Waals surface area contributed by atoms with Gasteiger partial charge in [0, 0.05) is 18.8 Å². The molecular formula is C16H21N3O. The first-order chi connectivity index (χ1) is 9.85. The van der Waals surface area contributed by atoms with E-state index in [9.17, 15) is 4.79 Å². The molecule has 1 saturated heterocycles. The number of anilines is 1. The number of rotatable bonds is 4. The van der Waals surface area contributed by atoms with E-state index < -0.39 is 0 Å². The number of hydrogen-bond acceptors (Lipinski definition) is 3. The molecule has 4 nitrogen and oxygen atoms in total. The molecule has 0 aromatic carbocycles. The van der Waals surface area contributed by atoms with Gasteiger partial charge in [0.15, 0.2) is 12.1 Å². The minimum atomic E-state index is 0.525. The Bertz CT molecular complexity index is 603. The number of aromatic nitrogens is 2. The Kier molecular flexibility index (Phi) is 3.72. The van der Waals surface area contributed by atoms with E-state index in [2.05, 4.69) is 11.8 Å². The zero-order chi connectivity index (χ0) is 13.9. The molecule has 0 aliphatic carbocycles. The third-order valence-corrected chi connectivity index (χ3v) is 4.18. The molecule has 0 N–H and O–H groups in total. The lowest BCUT2D eigenvalue weighted by Crippen LogP contribution is -2.40. The number of hydrogen-bond donors (Lipinski definition) is 0. The molecule has 106 valence electrons. The molecule has 3 heterocycles. The van der Waals surface area contributed by atoms with E-state index in [1.54, 1.807) is 0 Å². The molecule has 0 bridgehead atoms. The van der Waals surface area contributed by atoms with Gasteiger partial charge in [0.2, 0.25) is 0 Å². The summed E-state index contributed by atoms with van der Waals surface area (Å²) in [4.78, 5) is 18.6. The largest absolute Gasteiger partial charge is 0.352 e. The lowest BCUT2D eigenvalue weighted by atomic mass is 9.98. The monoisotopic (exact) mass is 271 g/mol. The highest BCUT2D eigenvalue weighted by Gasteiger charge is 2.26. The lowest BCUT2D eigenvalue weighted by molar-refractivity contribution is 0.111. The number of imidazole rings is 1. The standard InChI is InChI=1S/C16H21N3O/c1-2-7-13-8-3-5-10-18(13)16-14(12-20)19-11-6-4-9-15(19)17-16/h4,6,9,11-13H,2-3,5,7-8,10H2,1H3. The number of aldehydes is 1. The molecule has 0 saturated carbocycles. The Morgan fingerprint density at radius 1 is 1.40 bits per heavy atom. The van der Waals surface area contributed by atoms with E-state index in [1.807, 2.05) is 28.8 Å². The summed E-state index contributed by atoms with van der Waals surface area (Å²) in [6.45, 7) is 3.23. The predicted molar refractivity (Wildman–Crippen MR) is 80.5 cm³/mol. The Morgan fingerprint density at radius 2 is 2.30 bits per heavy atom. The van der Waals surface area contributed by atoms with Crippen LogP contribution in [0.3, 0.4) is 0 Å². The normalized spacial score (nSPS) is 19.4. The van der Waals surface area contributed by atoms with Gasteiger partial charge < -0.3 is 4.90 Å². The van der Waals surface area contributed by atoms with E-state index in [0.29, 0.717) is 11.7 Å². The minimum Gasteiger partial charge on any atom is -0.352 e. The molecule has 4 heteroatoms. The highest BCUT2D eigenvalue weighted by Crippen LogP contribution is 2.29. The molecule has 1 aliphatic heterocycles. The highest BCUT2D eigenvalue weighted by molar-refractivity contribution is 5.83. The molecule has 20 heavy (non-hydrogen) atoms. The van der Waals surface area contributed by atoms with E-state index >= 15 is 0 Å². The van der Waals surface area contributed by atoms with Crippen molar-refractivity contribution in [3.63, 3.8) is 0 Å². The summed E-state index contributed by atoms with van der Waals surface area (Å²) in [5.74, 6) is 0.865. The number of nitrogens with zero attached hydrogens (tertiary/aromatic N) is 3.